The van der Waals surface area contributed by atoms with Gasteiger partial charge in [0.1, 0.15) is 5.82 Å². The third-order valence-electron chi connectivity index (χ3n) is 6.16. The van der Waals surface area contributed by atoms with E-state index in [1.54, 1.807) is 6.20 Å². The molecular weight excluding hydrogens is 400 g/mol. The first kappa shape index (κ1) is 22.0. The average molecular weight is 431 g/mol. The Bertz CT molecular complexity index is 1080. The zero-order valence-electron chi connectivity index (χ0n) is 18.7. The Morgan fingerprint density at radius 3 is 2.56 bits per heavy atom. The van der Waals surface area contributed by atoms with Crippen molar-refractivity contribution < 1.29 is 9.59 Å². The Labute approximate surface area is 189 Å². The second-order valence-electron chi connectivity index (χ2n) is 8.62. The van der Waals surface area contributed by atoms with Crippen molar-refractivity contribution in [1.82, 2.24) is 15.2 Å². The van der Waals surface area contributed by atoms with Crippen molar-refractivity contribution in [3.63, 3.8) is 0 Å². The summed E-state index contributed by atoms with van der Waals surface area (Å²) in [6.45, 7) is 5.80. The molecule has 2 aromatic carbocycles. The van der Waals surface area contributed by atoms with Crippen LogP contribution in [0.1, 0.15) is 36.9 Å². The molecule has 0 radical (unpaired) electrons. The van der Waals surface area contributed by atoms with Crippen LogP contribution in [0.3, 0.4) is 0 Å². The summed E-state index contributed by atoms with van der Waals surface area (Å²) in [5.74, 6) is 0.559. The summed E-state index contributed by atoms with van der Waals surface area (Å²) < 4.78 is 0. The predicted molar refractivity (Wildman–Crippen MR) is 127 cm³/mol. The fourth-order valence-electron chi connectivity index (χ4n) is 4.32. The van der Waals surface area contributed by atoms with Crippen molar-refractivity contribution in [2.45, 2.75) is 32.7 Å². The molecule has 1 atom stereocenters. The number of fused-ring (bicyclic) bond motifs is 1. The molecule has 6 heteroatoms. The lowest BCUT2D eigenvalue weighted by atomic mass is 9.96. The molecule has 0 spiro atoms. The van der Waals surface area contributed by atoms with Crippen molar-refractivity contribution in [3.8, 4) is 0 Å². The first-order chi connectivity index (χ1) is 15.5. The lowest BCUT2D eigenvalue weighted by Crippen LogP contribution is -2.43. The van der Waals surface area contributed by atoms with Gasteiger partial charge in [0.05, 0.1) is 12.6 Å². The van der Waals surface area contributed by atoms with Crippen molar-refractivity contribution >= 4 is 28.4 Å². The smallest absolute Gasteiger partial charge is 0.234 e. The first-order valence-electron chi connectivity index (χ1n) is 11.2. The fraction of sp³-hybridized carbons (Fsp3) is 0.346. The highest BCUT2D eigenvalue weighted by molar-refractivity contribution is 5.91. The Morgan fingerprint density at radius 1 is 1.06 bits per heavy atom. The highest BCUT2D eigenvalue weighted by atomic mass is 16.2. The van der Waals surface area contributed by atoms with Crippen LogP contribution < -0.4 is 10.6 Å². The first-order valence-corrected chi connectivity index (χ1v) is 11.2. The summed E-state index contributed by atoms with van der Waals surface area (Å²) >= 11 is 0. The molecular formula is C26H30N4O2. The maximum Gasteiger partial charge on any atom is 0.234 e. The van der Waals surface area contributed by atoms with E-state index in [0.29, 0.717) is 12.4 Å². The number of piperidine rings is 1. The summed E-state index contributed by atoms with van der Waals surface area (Å²) in [4.78, 5) is 31.6. The molecule has 6 nitrogen and oxygen atoms in total. The Hall–Kier alpha value is -3.25. The van der Waals surface area contributed by atoms with E-state index in [1.807, 2.05) is 44.2 Å². The number of amides is 2. The second kappa shape index (κ2) is 9.92. The molecule has 2 heterocycles. The van der Waals surface area contributed by atoms with Crippen LogP contribution in [0, 0.1) is 12.8 Å². The maximum atomic E-state index is 12.7. The van der Waals surface area contributed by atoms with Crippen LogP contribution in [-0.2, 0) is 9.59 Å². The number of carbonyl (C=O) groups is 2. The quantitative estimate of drug-likeness (QED) is 0.618. The molecule has 1 saturated heterocycles. The number of likely N-dealkylation sites (tertiary alicyclic amines) is 1. The average Bonchev–Trinajstić information content (AvgIpc) is 2.80. The van der Waals surface area contributed by atoms with Gasteiger partial charge in [0.15, 0.2) is 0 Å². The number of benzene rings is 2. The van der Waals surface area contributed by atoms with Crippen molar-refractivity contribution in [3.05, 3.63) is 71.9 Å². The van der Waals surface area contributed by atoms with E-state index in [1.165, 1.54) is 5.39 Å². The molecule has 4 rings (SSSR count). The van der Waals surface area contributed by atoms with Gasteiger partial charge in [-0.05, 0) is 67.7 Å². The topological polar surface area (TPSA) is 74.3 Å². The van der Waals surface area contributed by atoms with Crippen LogP contribution in [0.15, 0.2) is 60.8 Å². The van der Waals surface area contributed by atoms with Gasteiger partial charge in [0, 0.05) is 12.1 Å². The zero-order chi connectivity index (χ0) is 22.5. The third-order valence-corrected chi connectivity index (χ3v) is 6.16. The second-order valence-corrected chi connectivity index (χ2v) is 8.62. The van der Waals surface area contributed by atoms with E-state index in [-0.39, 0.29) is 23.8 Å². The summed E-state index contributed by atoms with van der Waals surface area (Å²) in [6, 6.07) is 18.1. The number of aryl methyl sites for hydroxylation is 1. The van der Waals surface area contributed by atoms with Crippen LogP contribution >= 0.6 is 0 Å². The standard InChI is InChI=1S/C26H30N4O2/c1-18-10-11-24(27-16-18)29-26(32)21-12-14-30(15-13-21)17-25(31)28-19(2)22-9-5-7-20-6-3-4-8-23(20)22/h3-11,16,19,21H,12-15,17H2,1-2H3,(H,28,31)(H,27,29,32). The minimum Gasteiger partial charge on any atom is -0.348 e. The molecule has 1 unspecified atom stereocenters. The Morgan fingerprint density at radius 2 is 1.81 bits per heavy atom. The fourth-order valence-corrected chi connectivity index (χ4v) is 4.32. The molecule has 3 aromatic rings. The van der Waals surface area contributed by atoms with E-state index in [9.17, 15) is 9.59 Å². The van der Waals surface area contributed by atoms with Crippen LogP contribution in [0.5, 0.6) is 0 Å². The Balaban J connectivity index is 1.26. The SMILES string of the molecule is Cc1ccc(NC(=O)C2CCN(CC(=O)NC(C)c3cccc4ccccc34)CC2)nc1. The van der Waals surface area contributed by atoms with E-state index in [2.05, 4.69) is 44.8 Å². The van der Waals surface area contributed by atoms with Crippen LogP contribution in [-0.4, -0.2) is 41.3 Å². The number of hydrogen-bond donors (Lipinski definition) is 2. The highest BCUT2D eigenvalue weighted by Gasteiger charge is 2.26. The van der Waals surface area contributed by atoms with Gasteiger partial charge in [-0.3, -0.25) is 14.5 Å². The molecule has 166 valence electrons. The molecule has 0 bridgehead atoms. The van der Waals surface area contributed by atoms with Crippen molar-refractivity contribution in [2.24, 2.45) is 5.92 Å². The van der Waals surface area contributed by atoms with Crippen LogP contribution in [0.2, 0.25) is 0 Å². The number of anilines is 1. The van der Waals surface area contributed by atoms with Gasteiger partial charge in [-0.2, -0.15) is 0 Å². The summed E-state index contributed by atoms with van der Waals surface area (Å²) in [7, 11) is 0. The zero-order valence-corrected chi connectivity index (χ0v) is 18.7. The molecule has 1 fully saturated rings. The van der Waals surface area contributed by atoms with Crippen molar-refractivity contribution in [1.29, 1.82) is 0 Å². The van der Waals surface area contributed by atoms with Crippen LogP contribution in [0.4, 0.5) is 5.82 Å². The maximum absolute atomic E-state index is 12.7. The van der Waals surface area contributed by atoms with E-state index < -0.39 is 0 Å². The van der Waals surface area contributed by atoms with E-state index in [4.69, 9.17) is 0 Å². The van der Waals surface area contributed by atoms with Gasteiger partial charge in [0.25, 0.3) is 0 Å². The summed E-state index contributed by atoms with van der Waals surface area (Å²) in [5.41, 5.74) is 2.18. The molecule has 1 aliphatic rings. The van der Waals surface area contributed by atoms with Gasteiger partial charge in [-0.1, -0.05) is 48.5 Å². The monoisotopic (exact) mass is 430 g/mol. The van der Waals surface area contributed by atoms with E-state index >= 15 is 0 Å². The number of nitrogens with zero attached hydrogens (tertiary/aromatic N) is 2. The van der Waals surface area contributed by atoms with Crippen molar-refractivity contribution in [2.75, 3.05) is 25.0 Å². The molecule has 0 saturated carbocycles. The third kappa shape index (κ3) is 5.32. The molecule has 2 N–H and O–H groups in total. The highest BCUT2D eigenvalue weighted by Crippen LogP contribution is 2.24. The lowest BCUT2D eigenvalue weighted by Gasteiger charge is -2.31. The minimum atomic E-state index is -0.0704. The predicted octanol–water partition coefficient (Wildman–Crippen LogP) is 4.07. The number of carbonyl (C=O) groups excluding carboxylic acids is 2. The lowest BCUT2D eigenvalue weighted by molar-refractivity contribution is -0.124. The molecule has 32 heavy (non-hydrogen) atoms. The number of nitrogens with one attached hydrogen (secondary N) is 2. The minimum absolute atomic E-state index is 0.00929. The number of pyridine rings is 1. The molecule has 0 aliphatic carbocycles. The Kier molecular flexibility index (Phi) is 6.81. The normalized spacial score (nSPS) is 15.9. The molecule has 1 aliphatic heterocycles. The molecule has 1 aromatic heterocycles. The van der Waals surface area contributed by atoms with Gasteiger partial charge >= 0.3 is 0 Å². The largest absolute Gasteiger partial charge is 0.348 e. The van der Waals surface area contributed by atoms with Gasteiger partial charge in [-0.25, -0.2) is 4.98 Å². The summed E-state index contributed by atoms with van der Waals surface area (Å²) in [5, 5.41) is 8.38. The van der Waals surface area contributed by atoms with Gasteiger partial charge < -0.3 is 10.6 Å². The number of hydrogen-bond acceptors (Lipinski definition) is 4. The number of rotatable bonds is 6. The van der Waals surface area contributed by atoms with Gasteiger partial charge in [-0.15, -0.1) is 0 Å². The molecule has 2 amide bonds. The van der Waals surface area contributed by atoms with Gasteiger partial charge in [0.2, 0.25) is 11.8 Å². The summed E-state index contributed by atoms with van der Waals surface area (Å²) in [6.07, 6.45) is 3.23. The van der Waals surface area contributed by atoms with Crippen LogP contribution in [0.25, 0.3) is 10.8 Å². The number of aromatic nitrogens is 1. The van der Waals surface area contributed by atoms with E-state index in [0.717, 1.165) is 42.4 Å².